The van der Waals surface area contributed by atoms with Gasteiger partial charge in [0.25, 0.3) is 0 Å². The smallest absolute Gasteiger partial charge is 0.403 e. The van der Waals surface area contributed by atoms with Gasteiger partial charge in [-0.3, -0.25) is 9.36 Å². The van der Waals surface area contributed by atoms with E-state index in [0.29, 0.717) is 17.5 Å². The molecular formula is C35H75NO9P2. The largest absolute Gasteiger partial charge is 0.480 e. The summed E-state index contributed by atoms with van der Waals surface area (Å²) in [7, 11) is -8.45. The molecule has 0 saturated heterocycles. The molecular weight excluding hydrogens is 640 g/mol. The molecule has 1 atom stereocenters. The van der Waals surface area contributed by atoms with Crippen LogP contribution in [0.25, 0.3) is 0 Å². The summed E-state index contributed by atoms with van der Waals surface area (Å²) in [6.45, 7) is 3.64. The fraction of sp³-hybridized carbons (Fsp3) is 0.971. The first-order chi connectivity index (χ1) is 22.4. The molecule has 0 aromatic rings. The second-order valence-electron chi connectivity index (χ2n) is 13.3. The van der Waals surface area contributed by atoms with E-state index < -0.39 is 34.0 Å². The minimum atomic E-state index is -4.70. The Morgan fingerprint density at radius 2 is 0.787 bits per heavy atom. The van der Waals surface area contributed by atoms with Gasteiger partial charge in [0, 0.05) is 12.7 Å². The van der Waals surface area contributed by atoms with E-state index in [2.05, 4.69) is 13.8 Å². The van der Waals surface area contributed by atoms with Gasteiger partial charge in [0.1, 0.15) is 6.04 Å². The zero-order valence-electron chi connectivity index (χ0n) is 30.2. The topological polar surface area (TPSA) is 176 Å². The summed E-state index contributed by atoms with van der Waals surface area (Å²) >= 11 is 0. The van der Waals surface area contributed by atoms with E-state index >= 15 is 0 Å². The van der Waals surface area contributed by atoms with Crippen LogP contribution in [0.4, 0.5) is 0 Å². The van der Waals surface area contributed by atoms with Crippen molar-refractivity contribution in [3.63, 3.8) is 0 Å². The molecule has 6 N–H and O–H groups in total. The summed E-state index contributed by atoms with van der Waals surface area (Å²) in [5.41, 5.74) is 0. The van der Waals surface area contributed by atoms with Gasteiger partial charge in [-0.15, -0.1) is 0 Å². The lowest BCUT2D eigenvalue weighted by molar-refractivity contribution is -0.143. The molecule has 0 bridgehead atoms. The SMILES string of the molecule is CCCCCCCCCCCCCCCCN([C@@H](CO)C(=O)O)P(=O)(O)O.CCCCCCCCCCCCCCCCP(=O)(O)O. The lowest BCUT2D eigenvalue weighted by Crippen LogP contribution is -2.42. The van der Waals surface area contributed by atoms with Crippen molar-refractivity contribution in [1.29, 1.82) is 0 Å². The van der Waals surface area contributed by atoms with Crippen LogP contribution in [0.1, 0.15) is 194 Å². The van der Waals surface area contributed by atoms with Crippen LogP contribution in [-0.2, 0) is 13.9 Å². The van der Waals surface area contributed by atoms with Crippen LogP contribution in [0.2, 0.25) is 0 Å². The summed E-state index contributed by atoms with van der Waals surface area (Å²) in [6.07, 6.45) is 34.1. The van der Waals surface area contributed by atoms with E-state index in [-0.39, 0.29) is 12.7 Å². The maximum atomic E-state index is 11.4. The summed E-state index contributed by atoms with van der Waals surface area (Å²) < 4.78 is 22.7. The van der Waals surface area contributed by atoms with Crippen LogP contribution in [0.5, 0.6) is 0 Å². The first-order valence-corrected chi connectivity index (χ1v) is 22.5. The highest BCUT2D eigenvalue weighted by atomic mass is 31.2. The Bertz CT molecular complexity index is 776. The molecule has 0 aromatic carbocycles. The number of hydrogen-bond acceptors (Lipinski definition) is 4. The highest BCUT2D eigenvalue weighted by molar-refractivity contribution is 7.51. The average Bonchev–Trinajstić information content (AvgIpc) is 3.00. The van der Waals surface area contributed by atoms with Crippen molar-refractivity contribution >= 4 is 21.3 Å². The molecule has 0 fully saturated rings. The fourth-order valence-electron chi connectivity index (χ4n) is 5.75. The third kappa shape index (κ3) is 36.8. The first kappa shape index (κ1) is 48.8. The first-order valence-electron chi connectivity index (χ1n) is 19.1. The standard InChI is InChI=1S/C19H40NO6P.C16H35O3P/c1-2-3-4-5-6-7-8-9-10-11-12-13-14-15-16-20(27(24,25)26)18(17-21)19(22)23;1-2-3-4-5-6-7-8-9-10-11-12-13-14-15-16-20(17,18)19/h18,21H,2-17H2,1H3,(H,22,23)(H2,24,25,26);2-16H2,1H3,(H2,17,18,19)/t18-;/m0./s1. The van der Waals surface area contributed by atoms with E-state index in [1.165, 1.54) is 135 Å². The Balaban J connectivity index is 0. The van der Waals surface area contributed by atoms with Crippen LogP contribution >= 0.6 is 15.3 Å². The number of hydrogen-bond donors (Lipinski definition) is 6. The Labute approximate surface area is 288 Å². The molecule has 12 heteroatoms. The Kier molecular flexibility index (Phi) is 35.5. The number of carboxylic acids is 1. The lowest BCUT2D eigenvalue weighted by Gasteiger charge is -2.27. The van der Waals surface area contributed by atoms with Crippen molar-refractivity contribution in [1.82, 2.24) is 4.67 Å². The monoisotopic (exact) mass is 715 g/mol. The lowest BCUT2D eigenvalue weighted by atomic mass is 10.0. The number of carbonyl (C=O) groups is 1. The second kappa shape index (κ2) is 34.2. The number of nitrogens with zero attached hydrogens (tertiary/aromatic N) is 1. The average molecular weight is 716 g/mol. The number of rotatable bonds is 34. The molecule has 0 saturated carbocycles. The van der Waals surface area contributed by atoms with Crippen molar-refractivity contribution in [3.8, 4) is 0 Å². The van der Waals surface area contributed by atoms with Gasteiger partial charge in [-0.2, -0.15) is 4.67 Å². The van der Waals surface area contributed by atoms with Gasteiger partial charge >= 0.3 is 21.3 Å². The van der Waals surface area contributed by atoms with Gasteiger partial charge in [-0.25, -0.2) is 4.57 Å². The molecule has 10 nitrogen and oxygen atoms in total. The molecule has 0 aliphatic rings. The molecule has 0 aliphatic heterocycles. The van der Waals surface area contributed by atoms with Gasteiger partial charge in [-0.1, -0.05) is 181 Å². The minimum absolute atomic E-state index is 0.0279. The molecule has 0 heterocycles. The molecule has 0 unspecified atom stereocenters. The molecule has 0 radical (unpaired) electrons. The molecule has 0 amide bonds. The number of aliphatic hydroxyl groups is 1. The maximum absolute atomic E-state index is 11.4. The van der Waals surface area contributed by atoms with Gasteiger partial charge < -0.3 is 29.8 Å². The third-order valence-electron chi connectivity index (χ3n) is 8.70. The summed E-state index contributed by atoms with van der Waals surface area (Å²) in [5.74, 6) is -1.42. The number of unbranched alkanes of at least 4 members (excludes halogenated alkanes) is 26. The third-order valence-corrected chi connectivity index (χ3v) is 10.7. The Morgan fingerprint density at radius 1 is 0.511 bits per heavy atom. The second-order valence-corrected chi connectivity index (χ2v) is 16.6. The Hall–Kier alpha value is -0.310. The normalized spacial score (nSPS) is 12.7. The molecule has 0 rings (SSSR count). The van der Waals surface area contributed by atoms with E-state index in [4.69, 9.17) is 20.0 Å². The molecule has 0 spiro atoms. The van der Waals surface area contributed by atoms with Crippen LogP contribution in [-0.4, -0.2) is 65.8 Å². The van der Waals surface area contributed by atoms with E-state index in [1.54, 1.807) is 0 Å². The maximum Gasteiger partial charge on any atom is 0.403 e. The highest BCUT2D eigenvalue weighted by Gasteiger charge is 2.36. The molecule has 284 valence electrons. The van der Waals surface area contributed by atoms with Gasteiger partial charge in [-0.05, 0) is 12.8 Å². The number of carboxylic acid groups (broad SMARTS) is 1. The van der Waals surface area contributed by atoms with E-state index in [1.807, 2.05) is 0 Å². The van der Waals surface area contributed by atoms with Crippen LogP contribution in [0.15, 0.2) is 0 Å². The highest BCUT2D eigenvalue weighted by Crippen LogP contribution is 2.42. The summed E-state index contributed by atoms with van der Waals surface area (Å²) in [5, 5.41) is 18.1. The van der Waals surface area contributed by atoms with Crippen molar-refractivity contribution in [2.45, 2.75) is 200 Å². The zero-order valence-corrected chi connectivity index (χ0v) is 32.0. The number of aliphatic carboxylic acids is 1. The van der Waals surface area contributed by atoms with E-state index in [0.717, 1.165) is 32.1 Å². The molecule has 0 aromatic heterocycles. The van der Waals surface area contributed by atoms with E-state index in [9.17, 15) is 23.7 Å². The van der Waals surface area contributed by atoms with Crippen LogP contribution < -0.4 is 0 Å². The summed E-state index contributed by atoms with van der Waals surface area (Å²) in [4.78, 5) is 47.0. The Morgan fingerprint density at radius 3 is 1.02 bits per heavy atom. The van der Waals surface area contributed by atoms with Gasteiger partial charge in [0.2, 0.25) is 0 Å². The molecule has 0 aliphatic carbocycles. The zero-order chi connectivity index (χ0) is 35.7. The number of aliphatic hydroxyl groups excluding tert-OH is 1. The predicted octanol–water partition coefficient (Wildman–Crippen LogP) is 9.95. The quantitative estimate of drug-likeness (QED) is 0.0278. The van der Waals surface area contributed by atoms with Gasteiger partial charge in [0.05, 0.1) is 6.61 Å². The van der Waals surface area contributed by atoms with Crippen molar-refractivity contribution in [2.75, 3.05) is 19.3 Å². The van der Waals surface area contributed by atoms with Crippen LogP contribution in [0.3, 0.4) is 0 Å². The minimum Gasteiger partial charge on any atom is -0.480 e. The van der Waals surface area contributed by atoms with Crippen molar-refractivity contribution in [2.24, 2.45) is 0 Å². The molecule has 47 heavy (non-hydrogen) atoms. The fourth-order valence-corrected chi connectivity index (χ4v) is 7.32. The van der Waals surface area contributed by atoms with Crippen molar-refractivity contribution in [3.05, 3.63) is 0 Å². The van der Waals surface area contributed by atoms with Gasteiger partial charge in [0.15, 0.2) is 0 Å². The van der Waals surface area contributed by atoms with Crippen molar-refractivity contribution < 1.29 is 43.7 Å². The summed E-state index contributed by atoms with van der Waals surface area (Å²) in [6, 6.07) is -1.56. The van der Waals surface area contributed by atoms with Crippen LogP contribution in [0, 0.1) is 0 Å². The predicted molar refractivity (Wildman–Crippen MR) is 195 cm³/mol.